The SMILES string of the molecule is Cc1ccoc1C(=O)N1CCc2ccc(N)cc21. The van der Waals surface area contributed by atoms with Gasteiger partial charge in [-0.25, -0.2) is 0 Å². The monoisotopic (exact) mass is 242 g/mol. The van der Waals surface area contributed by atoms with Crippen LogP contribution in [0.5, 0.6) is 0 Å². The molecule has 1 aromatic heterocycles. The minimum Gasteiger partial charge on any atom is -0.459 e. The minimum absolute atomic E-state index is 0.0955. The number of nitrogens with two attached hydrogens (primary N) is 1. The van der Waals surface area contributed by atoms with Crippen LogP contribution in [-0.2, 0) is 6.42 Å². The van der Waals surface area contributed by atoms with Crippen LogP contribution in [0, 0.1) is 6.92 Å². The molecule has 4 heteroatoms. The summed E-state index contributed by atoms with van der Waals surface area (Å²) in [5.74, 6) is 0.312. The zero-order valence-electron chi connectivity index (χ0n) is 10.1. The number of fused-ring (bicyclic) bond motifs is 1. The Hall–Kier alpha value is -2.23. The second-order valence-corrected chi connectivity index (χ2v) is 4.53. The van der Waals surface area contributed by atoms with Gasteiger partial charge in [-0.3, -0.25) is 4.79 Å². The molecule has 2 N–H and O–H groups in total. The van der Waals surface area contributed by atoms with Crippen LogP contribution in [0.2, 0.25) is 0 Å². The normalized spacial score (nSPS) is 13.7. The summed E-state index contributed by atoms with van der Waals surface area (Å²) >= 11 is 0. The third-order valence-corrected chi connectivity index (χ3v) is 3.31. The number of carbonyl (C=O) groups excluding carboxylic acids is 1. The highest BCUT2D eigenvalue weighted by Crippen LogP contribution is 2.31. The van der Waals surface area contributed by atoms with E-state index in [0.717, 1.165) is 23.2 Å². The number of nitrogen functional groups attached to an aromatic ring is 1. The molecule has 0 aliphatic carbocycles. The molecular weight excluding hydrogens is 228 g/mol. The van der Waals surface area contributed by atoms with Gasteiger partial charge in [0.05, 0.1) is 6.26 Å². The van der Waals surface area contributed by atoms with Crippen LogP contribution in [0.15, 0.2) is 34.9 Å². The van der Waals surface area contributed by atoms with Gasteiger partial charge in [0, 0.05) is 23.5 Å². The molecule has 0 saturated carbocycles. The lowest BCUT2D eigenvalue weighted by Gasteiger charge is -2.16. The van der Waals surface area contributed by atoms with Gasteiger partial charge in [-0.05, 0) is 37.1 Å². The average molecular weight is 242 g/mol. The Labute approximate surface area is 105 Å². The molecule has 0 spiro atoms. The van der Waals surface area contributed by atoms with Crippen LogP contribution in [0.1, 0.15) is 21.7 Å². The zero-order valence-corrected chi connectivity index (χ0v) is 10.1. The predicted molar refractivity (Wildman–Crippen MR) is 69.7 cm³/mol. The second kappa shape index (κ2) is 3.91. The van der Waals surface area contributed by atoms with E-state index in [1.54, 1.807) is 17.2 Å². The van der Waals surface area contributed by atoms with Crippen molar-refractivity contribution in [2.24, 2.45) is 0 Å². The first-order chi connectivity index (χ1) is 8.66. The molecular formula is C14H14N2O2. The smallest absolute Gasteiger partial charge is 0.294 e. The van der Waals surface area contributed by atoms with Crippen LogP contribution in [0.25, 0.3) is 0 Å². The van der Waals surface area contributed by atoms with Crippen LogP contribution in [0.4, 0.5) is 11.4 Å². The summed E-state index contributed by atoms with van der Waals surface area (Å²) in [5, 5.41) is 0. The van der Waals surface area contributed by atoms with E-state index in [4.69, 9.17) is 10.2 Å². The molecule has 1 aliphatic rings. The standard InChI is InChI=1S/C14H14N2O2/c1-9-5-7-18-13(9)14(17)16-6-4-10-2-3-11(15)8-12(10)16/h2-3,5,7-8H,4,6,15H2,1H3. The first kappa shape index (κ1) is 10.9. The lowest BCUT2D eigenvalue weighted by molar-refractivity contribution is 0.0962. The van der Waals surface area contributed by atoms with E-state index in [9.17, 15) is 4.79 Å². The van der Waals surface area contributed by atoms with Crippen molar-refractivity contribution >= 4 is 17.3 Å². The predicted octanol–water partition coefficient (Wildman–Crippen LogP) is 2.37. The van der Waals surface area contributed by atoms with Gasteiger partial charge in [-0.15, -0.1) is 0 Å². The van der Waals surface area contributed by atoms with Crippen molar-refractivity contribution < 1.29 is 9.21 Å². The molecule has 0 unspecified atom stereocenters. The van der Waals surface area contributed by atoms with E-state index in [-0.39, 0.29) is 5.91 Å². The average Bonchev–Trinajstić information content (AvgIpc) is 2.94. The molecule has 2 aromatic rings. The topological polar surface area (TPSA) is 59.5 Å². The molecule has 0 atom stereocenters. The summed E-state index contributed by atoms with van der Waals surface area (Å²) < 4.78 is 5.26. The Bertz CT molecular complexity index is 616. The summed E-state index contributed by atoms with van der Waals surface area (Å²) in [7, 11) is 0. The van der Waals surface area contributed by atoms with E-state index >= 15 is 0 Å². The fourth-order valence-corrected chi connectivity index (χ4v) is 2.32. The van der Waals surface area contributed by atoms with Crippen molar-refractivity contribution in [2.75, 3.05) is 17.2 Å². The maximum atomic E-state index is 12.4. The molecule has 0 bridgehead atoms. The van der Waals surface area contributed by atoms with Gasteiger partial charge in [0.15, 0.2) is 5.76 Å². The number of hydrogen-bond acceptors (Lipinski definition) is 3. The van der Waals surface area contributed by atoms with Crippen molar-refractivity contribution in [3.05, 3.63) is 47.4 Å². The number of nitrogens with zero attached hydrogens (tertiary/aromatic N) is 1. The zero-order chi connectivity index (χ0) is 12.7. The Balaban J connectivity index is 2.00. The highest BCUT2D eigenvalue weighted by Gasteiger charge is 2.28. The van der Waals surface area contributed by atoms with E-state index in [2.05, 4.69) is 0 Å². The van der Waals surface area contributed by atoms with E-state index in [1.165, 1.54) is 0 Å². The van der Waals surface area contributed by atoms with Crippen LogP contribution in [-0.4, -0.2) is 12.5 Å². The van der Waals surface area contributed by atoms with E-state index in [0.29, 0.717) is 18.0 Å². The van der Waals surface area contributed by atoms with Gasteiger partial charge in [-0.1, -0.05) is 6.07 Å². The third-order valence-electron chi connectivity index (χ3n) is 3.31. The molecule has 0 fully saturated rings. The van der Waals surface area contributed by atoms with Crippen molar-refractivity contribution in [3.63, 3.8) is 0 Å². The number of furan rings is 1. The molecule has 1 amide bonds. The largest absolute Gasteiger partial charge is 0.459 e. The van der Waals surface area contributed by atoms with Gasteiger partial charge >= 0.3 is 0 Å². The maximum absolute atomic E-state index is 12.4. The molecule has 0 radical (unpaired) electrons. The minimum atomic E-state index is -0.0955. The maximum Gasteiger partial charge on any atom is 0.294 e. The first-order valence-corrected chi connectivity index (χ1v) is 5.91. The van der Waals surface area contributed by atoms with Gasteiger partial charge in [0.25, 0.3) is 5.91 Å². The number of benzene rings is 1. The Morgan fingerprint density at radius 1 is 1.39 bits per heavy atom. The van der Waals surface area contributed by atoms with E-state index in [1.807, 2.05) is 25.1 Å². The van der Waals surface area contributed by atoms with Crippen molar-refractivity contribution in [2.45, 2.75) is 13.3 Å². The summed E-state index contributed by atoms with van der Waals surface area (Å²) in [4.78, 5) is 14.1. The molecule has 2 heterocycles. The molecule has 1 aliphatic heterocycles. The summed E-state index contributed by atoms with van der Waals surface area (Å²) in [6.07, 6.45) is 2.40. The fourth-order valence-electron chi connectivity index (χ4n) is 2.32. The fraction of sp³-hybridized carbons (Fsp3) is 0.214. The number of amides is 1. The van der Waals surface area contributed by atoms with Gasteiger partial charge in [0.2, 0.25) is 0 Å². The summed E-state index contributed by atoms with van der Waals surface area (Å²) in [6.45, 7) is 2.55. The van der Waals surface area contributed by atoms with Gasteiger partial charge in [-0.2, -0.15) is 0 Å². The van der Waals surface area contributed by atoms with Crippen molar-refractivity contribution in [1.29, 1.82) is 0 Å². The summed E-state index contributed by atoms with van der Waals surface area (Å²) in [5.41, 5.74) is 9.36. The van der Waals surface area contributed by atoms with E-state index < -0.39 is 0 Å². The first-order valence-electron chi connectivity index (χ1n) is 5.91. The Kier molecular flexibility index (Phi) is 2.37. The summed E-state index contributed by atoms with van der Waals surface area (Å²) in [6, 6.07) is 7.49. The highest BCUT2D eigenvalue weighted by atomic mass is 16.3. The Morgan fingerprint density at radius 2 is 2.22 bits per heavy atom. The van der Waals surface area contributed by atoms with Gasteiger partial charge < -0.3 is 15.1 Å². The molecule has 18 heavy (non-hydrogen) atoms. The van der Waals surface area contributed by atoms with Crippen LogP contribution in [0.3, 0.4) is 0 Å². The quantitative estimate of drug-likeness (QED) is 0.781. The number of rotatable bonds is 1. The molecule has 3 rings (SSSR count). The lowest BCUT2D eigenvalue weighted by atomic mass is 10.1. The Morgan fingerprint density at radius 3 is 2.94 bits per heavy atom. The molecule has 4 nitrogen and oxygen atoms in total. The van der Waals surface area contributed by atoms with Crippen molar-refractivity contribution in [3.8, 4) is 0 Å². The van der Waals surface area contributed by atoms with Gasteiger partial charge in [0.1, 0.15) is 0 Å². The molecule has 92 valence electrons. The third kappa shape index (κ3) is 1.57. The lowest BCUT2D eigenvalue weighted by Crippen LogP contribution is -2.29. The number of anilines is 2. The number of hydrogen-bond donors (Lipinski definition) is 1. The number of aryl methyl sites for hydroxylation is 1. The highest BCUT2D eigenvalue weighted by molar-refractivity contribution is 6.06. The van der Waals surface area contributed by atoms with Crippen LogP contribution < -0.4 is 10.6 Å². The van der Waals surface area contributed by atoms with Crippen molar-refractivity contribution in [1.82, 2.24) is 0 Å². The molecule has 1 aromatic carbocycles. The van der Waals surface area contributed by atoms with Crippen LogP contribution >= 0.6 is 0 Å². The number of carbonyl (C=O) groups is 1. The second-order valence-electron chi connectivity index (χ2n) is 4.53. The molecule has 0 saturated heterocycles.